The second-order valence-corrected chi connectivity index (χ2v) is 11.7. The predicted molar refractivity (Wildman–Crippen MR) is 144 cm³/mol. The molecule has 10 nitrogen and oxygen atoms in total. The third-order valence-corrected chi connectivity index (χ3v) is 7.82. The van der Waals surface area contributed by atoms with Crippen molar-refractivity contribution < 1.29 is 23.4 Å². The quantitative estimate of drug-likeness (QED) is 0.489. The highest BCUT2D eigenvalue weighted by Crippen LogP contribution is 2.37. The lowest BCUT2D eigenvalue weighted by atomic mass is 9.85. The first-order chi connectivity index (χ1) is 18.6. The molecule has 3 saturated heterocycles. The van der Waals surface area contributed by atoms with Crippen molar-refractivity contribution in [2.75, 3.05) is 38.3 Å². The van der Waals surface area contributed by atoms with Gasteiger partial charge in [0, 0.05) is 30.5 Å². The molecule has 0 unspecified atom stereocenters. The van der Waals surface area contributed by atoms with Gasteiger partial charge in [0.25, 0.3) is 0 Å². The van der Waals surface area contributed by atoms with E-state index in [0.29, 0.717) is 31.4 Å². The molecule has 2 aromatic heterocycles. The molecule has 3 fully saturated rings. The molecular formula is C28H35FN6O4. The first kappa shape index (κ1) is 25.8. The molecule has 2 bridgehead atoms. The van der Waals surface area contributed by atoms with Crippen molar-refractivity contribution in [2.24, 2.45) is 0 Å². The van der Waals surface area contributed by atoms with Crippen molar-refractivity contribution in [2.45, 2.75) is 70.4 Å². The molecule has 0 aliphatic carbocycles. The minimum Gasteiger partial charge on any atom is -0.467 e. The van der Waals surface area contributed by atoms with Crippen LogP contribution in [0.1, 0.15) is 50.7 Å². The summed E-state index contributed by atoms with van der Waals surface area (Å²) in [6.45, 7) is 9.35. The number of aromatic nitrogens is 4. The number of anilines is 1. The van der Waals surface area contributed by atoms with Gasteiger partial charge in [0.2, 0.25) is 0 Å². The minimum atomic E-state index is -1.21. The van der Waals surface area contributed by atoms with Crippen molar-refractivity contribution in [1.82, 2.24) is 24.6 Å². The van der Waals surface area contributed by atoms with Gasteiger partial charge in [-0.3, -0.25) is 0 Å². The summed E-state index contributed by atoms with van der Waals surface area (Å²) in [6, 6.07) is 6.53. The second kappa shape index (κ2) is 9.62. The average Bonchev–Trinajstić information content (AvgIpc) is 3.63. The van der Waals surface area contributed by atoms with E-state index in [2.05, 4.69) is 20.0 Å². The molecule has 3 aliphatic heterocycles. The molecule has 4 atom stereocenters. The maximum Gasteiger partial charge on any atom is 0.410 e. The molecule has 1 aromatic carbocycles. The maximum atomic E-state index is 15.6. The second-order valence-electron chi connectivity index (χ2n) is 11.7. The molecule has 3 aliphatic rings. The van der Waals surface area contributed by atoms with E-state index in [4.69, 9.17) is 14.2 Å². The number of ether oxygens (including phenoxy) is 3. The van der Waals surface area contributed by atoms with E-state index in [1.807, 2.05) is 45.9 Å². The first-order valence-corrected chi connectivity index (χ1v) is 13.5. The number of carbonyl (C=O) groups excluding carboxylic acids is 1. The van der Waals surface area contributed by atoms with Gasteiger partial charge >= 0.3 is 12.1 Å². The number of methoxy groups -OCH3 is 1. The average molecular weight is 539 g/mol. The van der Waals surface area contributed by atoms with E-state index in [-0.39, 0.29) is 24.6 Å². The molecule has 1 amide bonds. The number of fused-ring (bicyclic) bond motifs is 3. The summed E-state index contributed by atoms with van der Waals surface area (Å²) >= 11 is 0. The number of benzene rings is 1. The molecule has 0 radical (unpaired) electrons. The lowest BCUT2D eigenvalue weighted by molar-refractivity contribution is 0.0111. The molecule has 5 heterocycles. The van der Waals surface area contributed by atoms with Crippen LogP contribution in [0.25, 0.3) is 16.7 Å². The number of aryl methyl sites for hydroxylation is 1. The van der Waals surface area contributed by atoms with Gasteiger partial charge in [-0.25, -0.2) is 13.9 Å². The summed E-state index contributed by atoms with van der Waals surface area (Å²) in [6.07, 6.45) is 1.84. The summed E-state index contributed by atoms with van der Waals surface area (Å²) in [5, 5.41) is 5.57. The third-order valence-electron chi connectivity index (χ3n) is 7.82. The van der Waals surface area contributed by atoms with Gasteiger partial charge in [-0.1, -0.05) is 0 Å². The third kappa shape index (κ3) is 4.88. The van der Waals surface area contributed by atoms with Crippen LogP contribution in [-0.4, -0.2) is 88.0 Å². The molecule has 208 valence electrons. The summed E-state index contributed by atoms with van der Waals surface area (Å²) in [5.41, 5.74) is 2.12. The highest BCUT2D eigenvalue weighted by atomic mass is 19.1. The van der Waals surface area contributed by atoms with Crippen LogP contribution in [0.3, 0.4) is 0 Å². The summed E-state index contributed by atoms with van der Waals surface area (Å²) in [7, 11) is 1.55. The molecular weight excluding hydrogens is 503 g/mol. The van der Waals surface area contributed by atoms with E-state index in [1.165, 1.54) is 4.90 Å². The number of carbonyl (C=O) groups is 1. The van der Waals surface area contributed by atoms with Crippen LogP contribution in [-0.2, 0) is 9.47 Å². The van der Waals surface area contributed by atoms with Crippen LogP contribution in [0, 0.1) is 6.92 Å². The number of nitrogens with zero attached hydrogens (tertiary/aromatic N) is 6. The highest BCUT2D eigenvalue weighted by molar-refractivity contribution is 5.82. The van der Waals surface area contributed by atoms with Crippen LogP contribution in [0.5, 0.6) is 6.01 Å². The molecule has 0 N–H and O–H groups in total. The Morgan fingerprint density at radius 2 is 1.95 bits per heavy atom. The van der Waals surface area contributed by atoms with Crippen LogP contribution >= 0.6 is 0 Å². The van der Waals surface area contributed by atoms with Gasteiger partial charge < -0.3 is 24.0 Å². The number of hydrogen-bond acceptors (Lipinski definition) is 8. The van der Waals surface area contributed by atoms with Gasteiger partial charge in [-0.2, -0.15) is 15.1 Å². The van der Waals surface area contributed by atoms with Gasteiger partial charge in [0.1, 0.15) is 17.6 Å². The van der Waals surface area contributed by atoms with Crippen LogP contribution in [0.4, 0.5) is 15.0 Å². The fourth-order valence-electron chi connectivity index (χ4n) is 5.96. The van der Waals surface area contributed by atoms with Crippen LogP contribution in [0.2, 0.25) is 0 Å². The molecule has 6 rings (SSSR count). The number of likely N-dealkylation sites (tertiary alicyclic amines) is 1. The monoisotopic (exact) mass is 538 g/mol. The van der Waals surface area contributed by atoms with Crippen LogP contribution < -0.4 is 9.64 Å². The first-order valence-electron chi connectivity index (χ1n) is 13.5. The van der Waals surface area contributed by atoms with Crippen molar-refractivity contribution in [3.8, 4) is 11.8 Å². The standard InChI is InChI=1S/C28H35FN6O4/c1-16-8-17-12-30-35(25-11-24(31-26(32-25)37-5)34-13-19-9-18(34)15-38-19)23(17)10-21(16)20-6-7-33(14-22(20)29)27(36)39-28(2,3)4/h8,10-12,18-20,22H,6-7,9,13-15H2,1-5H3/t18-,19-,20-,22-/m0/s1. The van der Waals surface area contributed by atoms with Crippen molar-refractivity contribution in [3.05, 3.63) is 35.5 Å². The van der Waals surface area contributed by atoms with E-state index in [1.54, 1.807) is 18.0 Å². The number of morpholine rings is 1. The van der Waals surface area contributed by atoms with Crippen molar-refractivity contribution in [3.63, 3.8) is 0 Å². The number of halogens is 1. The number of alkyl halides is 1. The predicted octanol–water partition coefficient (Wildman–Crippen LogP) is 4.17. The Balaban J connectivity index is 1.30. The summed E-state index contributed by atoms with van der Waals surface area (Å²) in [5.74, 6) is 1.02. The molecule has 39 heavy (non-hydrogen) atoms. The van der Waals surface area contributed by atoms with Gasteiger partial charge in [0.15, 0.2) is 5.82 Å². The Morgan fingerprint density at radius 3 is 2.62 bits per heavy atom. The fraction of sp³-hybridized carbons (Fsp3) is 0.571. The topological polar surface area (TPSA) is 94.8 Å². The van der Waals surface area contributed by atoms with E-state index in [0.717, 1.165) is 40.8 Å². The normalized spacial score (nSPS) is 25.0. The Morgan fingerprint density at radius 1 is 1.15 bits per heavy atom. The minimum absolute atomic E-state index is 0.00446. The highest BCUT2D eigenvalue weighted by Gasteiger charge is 2.40. The molecule has 3 aromatic rings. The van der Waals surface area contributed by atoms with E-state index in [9.17, 15) is 4.79 Å². The van der Waals surface area contributed by atoms with E-state index < -0.39 is 17.9 Å². The number of rotatable bonds is 4. The van der Waals surface area contributed by atoms with Gasteiger partial charge in [-0.05, 0) is 63.8 Å². The Kier molecular flexibility index (Phi) is 6.36. The lowest BCUT2D eigenvalue weighted by Gasteiger charge is -2.36. The Bertz CT molecular complexity index is 1400. The van der Waals surface area contributed by atoms with Gasteiger partial charge in [-0.15, -0.1) is 0 Å². The van der Waals surface area contributed by atoms with Crippen molar-refractivity contribution in [1.29, 1.82) is 0 Å². The smallest absolute Gasteiger partial charge is 0.410 e. The number of amides is 1. The van der Waals surface area contributed by atoms with E-state index >= 15 is 4.39 Å². The number of piperidine rings is 1. The zero-order chi connectivity index (χ0) is 27.5. The summed E-state index contributed by atoms with van der Waals surface area (Å²) < 4.78 is 34.0. The summed E-state index contributed by atoms with van der Waals surface area (Å²) in [4.78, 5) is 25.4. The number of hydrogen-bond donors (Lipinski definition) is 0. The largest absolute Gasteiger partial charge is 0.467 e. The Labute approximate surface area is 227 Å². The zero-order valence-electron chi connectivity index (χ0n) is 23.1. The lowest BCUT2D eigenvalue weighted by Crippen LogP contribution is -2.46. The molecule has 0 saturated carbocycles. The fourth-order valence-corrected chi connectivity index (χ4v) is 5.96. The Hall–Kier alpha value is -3.47. The molecule has 11 heteroatoms. The maximum absolute atomic E-state index is 15.6. The van der Waals surface area contributed by atoms with Crippen LogP contribution in [0.15, 0.2) is 24.4 Å². The SMILES string of the molecule is COc1nc(N2C[C@@H]3C[C@H]2CO3)cc(-n2ncc3cc(C)c([C@@H]4CCN(C(=O)OC(C)(C)C)C[C@@H]4F)cc32)n1. The molecule has 0 spiro atoms. The van der Waals surface area contributed by atoms with Crippen molar-refractivity contribution >= 4 is 22.8 Å². The zero-order valence-corrected chi connectivity index (χ0v) is 23.1. The van der Waals surface area contributed by atoms with Gasteiger partial charge in [0.05, 0.1) is 44.1 Å².